The zero-order chi connectivity index (χ0) is 18.2. The summed E-state index contributed by atoms with van der Waals surface area (Å²) in [7, 11) is 0. The Labute approximate surface area is 142 Å². The van der Waals surface area contributed by atoms with E-state index in [1.165, 1.54) is 12.1 Å². The van der Waals surface area contributed by atoms with Crippen LogP contribution in [0, 0.1) is 6.85 Å². The molecule has 1 unspecified atom stereocenters. The van der Waals surface area contributed by atoms with Gasteiger partial charge in [0.05, 0.1) is 0 Å². The summed E-state index contributed by atoms with van der Waals surface area (Å²) >= 11 is 12.0. The minimum absolute atomic E-state index is 0.0192. The first-order valence-corrected chi connectivity index (χ1v) is 7.37. The van der Waals surface area contributed by atoms with Crippen LogP contribution in [0.4, 0.5) is 0 Å². The number of amides is 1. The average Bonchev–Trinajstić information content (AvgIpc) is 2.96. The smallest absolute Gasteiger partial charge is 0.231 e. The third kappa shape index (κ3) is 2.89. The van der Waals surface area contributed by atoms with Crippen LogP contribution in [0.1, 0.15) is 26.7 Å². The number of aryl methyl sites for hydroxylation is 1. The van der Waals surface area contributed by atoms with Crippen LogP contribution < -0.4 is 10.1 Å². The number of benzene rings is 1. The zero-order valence-corrected chi connectivity index (χ0v) is 12.9. The molecule has 3 rings (SSSR count). The molecular weight excluding hydrogens is 323 g/mol. The first-order chi connectivity index (χ1) is 11.8. The van der Waals surface area contributed by atoms with Gasteiger partial charge in [0, 0.05) is 32.5 Å². The number of nitrogens with zero attached hydrogens (tertiary/aromatic N) is 1. The second kappa shape index (κ2) is 6.15. The second-order valence-electron chi connectivity index (χ2n) is 4.89. The number of halogens is 2. The second-order valence-corrected chi connectivity index (χ2v) is 5.74. The van der Waals surface area contributed by atoms with Gasteiger partial charge >= 0.3 is 0 Å². The van der Waals surface area contributed by atoms with Crippen molar-refractivity contribution in [1.82, 2.24) is 10.3 Å². The highest BCUT2D eigenvalue weighted by Gasteiger charge is 2.31. The highest BCUT2D eigenvalue weighted by molar-refractivity contribution is 6.35. The summed E-state index contributed by atoms with van der Waals surface area (Å²) in [6, 6.07) is 6.32. The van der Waals surface area contributed by atoms with Crippen molar-refractivity contribution >= 4 is 29.1 Å². The van der Waals surface area contributed by atoms with Crippen LogP contribution in [0.2, 0.25) is 10.0 Å². The molecule has 1 amide bonds. The summed E-state index contributed by atoms with van der Waals surface area (Å²) in [5, 5.41) is 3.16. The Bertz CT molecular complexity index is 828. The lowest BCUT2D eigenvalue weighted by molar-refractivity contribution is -0.122. The molecule has 0 saturated carbocycles. The third-order valence-electron chi connectivity index (χ3n) is 3.48. The van der Waals surface area contributed by atoms with Crippen molar-refractivity contribution in [3.63, 3.8) is 0 Å². The van der Waals surface area contributed by atoms with E-state index in [0.717, 1.165) is 0 Å². The van der Waals surface area contributed by atoms with Crippen molar-refractivity contribution in [2.75, 3.05) is 6.61 Å². The lowest BCUT2D eigenvalue weighted by atomic mass is 10.0. The van der Waals surface area contributed by atoms with Crippen molar-refractivity contribution in [2.45, 2.75) is 19.3 Å². The van der Waals surface area contributed by atoms with E-state index in [2.05, 4.69) is 10.3 Å². The molecular formula is C16H14Cl2N2O2. The van der Waals surface area contributed by atoms with Gasteiger partial charge in [-0.25, -0.2) is 4.98 Å². The Kier molecular flexibility index (Phi) is 3.28. The third-order valence-corrected chi connectivity index (χ3v) is 4.03. The minimum atomic E-state index is -2.39. The molecule has 1 N–H and O–H groups in total. The van der Waals surface area contributed by atoms with Gasteiger partial charge in [0.1, 0.15) is 12.5 Å². The molecule has 0 bridgehead atoms. The van der Waals surface area contributed by atoms with Crippen LogP contribution in [-0.2, 0) is 11.3 Å². The van der Waals surface area contributed by atoms with Gasteiger partial charge in [-0.3, -0.25) is 4.79 Å². The number of carbonyl (C=O) groups excluding carboxylic acids is 1. The number of carbonyl (C=O) groups is 1. The van der Waals surface area contributed by atoms with E-state index in [4.69, 9.17) is 32.1 Å². The lowest BCUT2D eigenvalue weighted by Gasteiger charge is -2.13. The fraction of sp³-hybridized carbons (Fsp3) is 0.250. The molecule has 22 heavy (non-hydrogen) atoms. The SMILES string of the molecule is [2H]C([2H])([2H])c1cc(Cl)cc(Cl)c1CNC(=O)C1COc2ncccc21. The van der Waals surface area contributed by atoms with Gasteiger partial charge in [-0.1, -0.05) is 29.3 Å². The number of nitrogens with one attached hydrogen (secondary N) is 1. The van der Waals surface area contributed by atoms with Crippen LogP contribution in [0.5, 0.6) is 5.88 Å². The van der Waals surface area contributed by atoms with Crippen molar-refractivity contribution in [3.8, 4) is 5.88 Å². The average molecular weight is 340 g/mol. The van der Waals surface area contributed by atoms with Gasteiger partial charge in [0.15, 0.2) is 0 Å². The molecule has 1 atom stereocenters. The largest absolute Gasteiger partial charge is 0.476 e. The highest BCUT2D eigenvalue weighted by Crippen LogP contribution is 2.31. The van der Waals surface area contributed by atoms with Crippen molar-refractivity contribution < 1.29 is 13.6 Å². The van der Waals surface area contributed by atoms with Crippen LogP contribution in [0.3, 0.4) is 0 Å². The van der Waals surface area contributed by atoms with E-state index in [9.17, 15) is 4.79 Å². The van der Waals surface area contributed by atoms with E-state index in [0.29, 0.717) is 17.0 Å². The number of pyridine rings is 1. The lowest BCUT2D eigenvalue weighted by Crippen LogP contribution is -2.30. The molecule has 0 fully saturated rings. The molecule has 114 valence electrons. The fourth-order valence-corrected chi connectivity index (χ4v) is 2.90. The van der Waals surface area contributed by atoms with Gasteiger partial charge in [-0.15, -0.1) is 0 Å². The molecule has 6 heteroatoms. The molecule has 0 aliphatic carbocycles. The quantitative estimate of drug-likeness (QED) is 0.931. The fourth-order valence-electron chi connectivity index (χ4n) is 2.34. The minimum Gasteiger partial charge on any atom is -0.476 e. The van der Waals surface area contributed by atoms with Gasteiger partial charge in [0.25, 0.3) is 0 Å². The maximum Gasteiger partial charge on any atom is 0.231 e. The van der Waals surface area contributed by atoms with Crippen LogP contribution >= 0.6 is 23.2 Å². The maximum absolute atomic E-state index is 12.5. The summed E-state index contributed by atoms with van der Waals surface area (Å²) < 4.78 is 28.3. The van der Waals surface area contributed by atoms with Crippen molar-refractivity contribution in [1.29, 1.82) is 0 Å². The molecule has 0 saturated heterocycles. The van der Waals surface area contributed by atoms with Crippen LogP contribution in [-0.4, -0.2) is 17.5 Å². The van der Waals surface area contributed by atoms with E-state index in [-0.39, 0.29) is 34.7 Å². The van der Waals surface area contributed by atoms with E-state index in [1.54, 1.807) is 18.3 Å². The topological polar surface area (TPSA) is 51.2 Å². The molecule has 1 aliphatic heterocycles. The first-order valence-electron chi connectivity index (χ1n) is 8.11. The zero-order valence-electron chi connectivity index (χ0n) is 14.4. The molecule has 2 aromatic rings. The summed E-state index contributed by atoms with van der Waals surface area (Å²) in [5.74, 6) is -0.337. The number of fused-ring (bicyclic) bond motifs is 1. The Morgan fingerprint density at radius 1 is 1.55 bits per heavy atom. The maximum atomic E-state index is 12.5. The molecule has 1 aliphatic rings. The Balaban J connectivity index is 1.80. The summed E-state index contributed by atoms with van der Waals surface area (Å²) in [5.41, 5.74) is 1.05. The summed E-state index contributed by atoms with van der Waals surface area (Å²) in [6.07, 6.45) is 1.59. The first kappa shape index (κ1) is 11.7. The van der Waals surface area contributed by atoms with E-state index < -0.39 is 12.8 Å². The predicted octanol–water partition coefficient (Wildman–Crippen LogP) is 3.49. The molecule has 2 heterocycles. The number of rotatable bonds is 3. The van der Waals surface area contributed by atoms with E-state index in [1.807, 2.05) is 0 Å². The molecule has 4 nitrogen and oxygen atoms in total. The van der Waals surface area contributed by atoms with Gasteiger partial charge < -0.3 is 10.1 Å². The summed E-state index contributed by atoms with van der Waals surface area (Å²) in [6.45, 7) is -2.21. The monoisotopic (exact) mass is 339 g/mol. The number of hydrogen-bond acceptors (Lipinski definition) is 3. The van der Waals surface area contributed by atoms with Crippen molar-refractivity contribution in [2.24, 2.45) is 0 Å². The predicted molar refractivity (Wildman–Crippen MR) is 85.5 cm³/mol. The molecule has 0 spiro atoms. The standard InChI is InChI=1S/C16H14Cl2N2O2/c1-9-5-10(17)6-14(18)12(9)7-20-15(21)13-8-22-16-11(13)3-2-4-19-16/h2-6,13H,7-8H2,1H3,(H,20,21)/i1D3. The Morgan fingerprint density at radius 3 is 3.23 bits per heavy atom. The number of ether oxygens (including phenoxy) is 1. The van der Waals surface area contributed by atoms with Crippen molar-refractivity contribution in [3.05, 3.63) is 57.2 Å². The normalized spacial score (nSPS) is 18.6. The van der Waals surface area contributed by atoms with E-state index >= 15 is 0 Å². The van der Waals surface area contributed by atoms with Crippen LogP contribution in [0.15, 0.2) is 30.5 Å². The number of hydrogen-bond donors (Lipinski definition) is 1. The van der Waals surface area contributed by atoms with Crippen LogP contribution in [0.25, 0.3) is 0 Å². The van der Waals surface area contributed by atoms with Gasteiger partial charge in [0.2, 0.25) is 11.8 Å². The highest BCUT2D eigenvalue weighted by atomic mass is 35.5. The summed E-state index contributed by atoms with van der Waals surface area (Å²) in [4.78, 5) is 16.6. The Hall–Kier alpha value is -1.78. The number of aromatic nitrogens is 1. The van der Waals surface area contributed by atoms with Gasteiger partial charge in [-0.2, -0.15) is 0 Å². The molecule has 1 aromatic carbocycles. The Morgan fingerprint density at radius 2 is 2.41 bits per heavy atom. The van der Waals surface area contributed by atoms with Gasteiger partial charge in [-0.05, 0) is 36.2 Å². The molecule has 0 radical (unpaired) electrons. The molecule has 1 aromatic heterocycles.